The van der Waals surface area contributed by atoms with Crippen LogP contribution in [-0.4, -0.2) is 23.1 Å². The Morgan fingerprint density at radius 2 is 1.86 bits per heavy atom. The van der Waals surface area contributed by atoms with Crippen LogP contribution in [0.3, 0.4) is 0 Å². The van der Waals surface area contributed by atoms with Gasteiger partial charge in [0.05, 0.1) is 5.39 Å². The van der Waals surface area contributed by atoms with Gasteiger partial charge in [-0.15, -0.1) is 11.3 Å². The number of nitrogens with zero attached hydrogens (tertiary/aromatic N) is 2. The number of anilines is 1. The van der Waals surface area contributed by atoms with E-state index in [0.717, 1.165) is 35.0 Å². The van der Waals surface area contributed by atoms with Crippen molar-refractivity contribution in [3.8, 4) is 11.1 Å². The largest absolute Gasteiger partial charge is 0.342 e. The lowest BCUT2D eigenvalue weighted by Crippen LogP contribution is -2.32. The number of hydrogen-bond acceptors (Lipinski definition) is 4. The highest BCUT2D eigenvalue weighted by atomic mass is 32.1. The Balaban J connectivity index is 1.82. The molecule has 4 rings (SSSR count). The smallest absolute Gasteiger partial charge is 0.261 e. The number of hydrogen-bond donors (Lipinski definition) is 1. The lowest BCUT2D eigenvalue weighted by molar-refractivity contribution is 0.568. The van der Waals surface area contributed by atoms with Crippen LogP contribution in [0.25, 0.3) is 21.3 Å². The molecule has 1 fully saturated rings. The number of aromatic nitrogens is 2. The van der Waals surface area contributed by atoms with Gasteiger partial charge in [0, 0.05) is 24.0 Å². The van der Waals surface area contributed by atoms with Crippen molar-refractivity contribution in [1.82, 2.24) is 9.97 Å². The third kappa shape index (κ3) is 2.31. The highest BCUT2D eigenvalue weighted by Crippen LogP contribution is 2.31. The summed E-state index contributed by atoms with van der Waals surface area (Å²) in [5, 5.41) is 2.74. The second-order valence-electron chi connectivity index (χ2n) is 5.63. The van der Waals surface area contributed by atoms with Gasteiger partial charge in [-0.05, 0) is 24.8 Å². The average molecular weight is 311 g/mol. The SMILES string of the molecule is O=c1[nH]c(N2CCCCC2)nc2scc(-c3ccccc3)c12. The van der Waals surface area contributed by atoms with Crippen molar-refractivity contribution in [3.05, 3.63) is 46.1 Å². The van der Waals surface area contributed by atoms with Crippen LogP contribution in [0.15, 0.2) is 40.5 Å². The molecule has 22 heavy (non-hydrogen) atoms. The molecule has 112 valence electrons. The Kier molecular flexibility index (Phi) is 3.42. The number of nitrogens with one attached hydrogen (secondary N) is 1. The van der Waals surface area contributed by atoms with Gasteiger partial charge in [0.15, 0.2) is 0 Å². The predicted molar refractivity (Wildman–Crippen MR) is 91.7 cm³/mol. The number of piperidine rings is 1. The predicted octanol–water partition coefficient (Wildman–Crippen LogP) is 3.64. The highest BCUT2D eigenvalue weighted by Gasteiger charge is 2.17. The normalized spacial score (nSPS) is 15.4. The second kappa shape index (κ2) is 5.57. The van der Waals surface area contributed by atoms with Crippen LogP contribution in [0, 0.1) is 0 Å². The van der Waals surface area contributed by atoms with E-state index in [2.05, 4.69) is 9.88 Å². The number of aromatic amines is 1. The second-order valence-corrected chi connectivity index (χ2v) is 6.49. The molecule has 1 saturated heterocycles. The number of rotatable bonds is 2. The standard InChI is InChI=1S/C17H17N3OS/c21-15-14-13(12-7-3-1-4-8-12)11-22-16(14)19-17(18-15)20-9-5-2-6-10-20/h1,3-4,7-8,11H,2,5-6,9-10H2,(H,18,19,21). The molecule has 3 heterocycles. The van der Waals surface area contributed by atoms with E-state index in [4.69, 9.17) is 4.98 Å². The number of fused-ring (bicyclic) bond motifs is 1. The van der Waals surface area contributed by atoms with Crippen molar-refractivity contribution >= 4 is 27.5 Å². The topological polar surface area (TPSA) is 49.0 Å². The van der Waals surface area contributed by atoms with Crippen LogP contribution < -0.4 is 10.5 Å². The van der Waals surface area contributed by atoms with Crippen LogP contribution in [0.2, 0.25) is 0 Å². The molecule has 1 aliphatic heterocycles. The quantitative estimate of drug-likeness (QED) is 0.786. The maximum atomic E-state index is 12.6. The Morgan fingerprint density at radius 1 is 1.09 bits per heavy atom. The molecule has 3 aromatic rings. The molecule has 0 bridgehead atoms. The molecule has 4 nitrogen and oxygen atoms in total. The molecule has 2 aromatic heterocycles. The first kappa shape index (κ1) is 13.5. The Labute approximate surface area is 132 Å². The summed E-state index contributed by atoms with van der Waals surface area (Å²) < 4.78 is 0. The molecule has 5 heteroatoms. The third-order valence-corrected chi connectivity index (χ3v) is 5.04. The number of benzene rings is 1. The van der Waals surface area contributed by atoms with Gasteiger partial charge in [-0.1, -0.05) is 30.3 Å². The van der Waals surface area contributed by atoms with E-state index in [-0.39, 0.29) is 5.56 Å². The summed E-state index contributed by atoms with van der Waals surface area (Å²) in [4.78, 5) is 23.3. The van der Waals surface area contributed by atoms with Crippen LogP contribution in [-0.2, 0) is 0 Å². The molecule has 0 saturated carbocycles. The molecule has 1 aromatic carbocycles. The fourth-order valence-corrected chi connectivity index (χ4v) is 3.97. The summed E-state index contributed by atoms with van der Waals surface area (Å²) in [5.74, 6) is 0.721. The molecule has 1 aliphatic rings. The maximum absolute atomic E-state index is 12.6. The van der Waals surface area contributed by atoms with Crippen LogP contribution in [0.1, 0.15) is 19.3 Å². The zero-order valence-corrected chi connectivity index (χ0v) is 13.0. The van der Waals surface area contributed by atoms with Crippen molar-refractivity contribution < 1.29 is 0 Å². The molecule has 0 spiro atoms. The van der Waals surface area contributed by atoms with E-state index in [9.17, 15) is 4.79 Å². The summed E-state index contributed by atoms with van der Waals surface area (Å²) >= 11 is 1.54. The first-order valence-electron chi connectivity index (χ1n) is 7.65. The molecule has 1 N–H and O–H groups in total. The van der Waals surface area contributed by atoms with Crippen LogP contribution in [0.5, 0.6) is 0 Å². The van der Waals surface area contributed by atoms with Crippen molar-refractivity contribution in [2.75, 3.05) is 18.0 Å². The zero-order chi connectivity index (χ0) is 14.9. The summed E-state index contributed by atoms with van der Waals surface area (Å²) in [7, 11) is 0. The maximum Gasteiger partial charge on any atom is 0.261 e. The summed E-state index contributed by atoms with van der Waals surface area (Å²) in [6, 6.07) is 10.0. The zero-order valence-electron chi connectivity index (χ0n) is 12.2. The first-order valence-corrected chi connectivity index (χ1v) is 8.53. The van der Waals surface area contributed by atoms with Gasteiger partial charge in [-0.3, -0.25) is 9.78 Å². The fraction of sp³-hybridized carbons (Fsp3) is 0.294. The lowest BCUT2D eigenvalue weighted by atomic mass is 10.1. The van der Waals surface area contributed by atoms with Gasteiger partial charge in [0.25, 0.3) is 5.56 Å². The van der Waals surface area contributed by atoms with Crippen molar-refractivity contribution in [3.63, 3.8) is 0 Å². The van der Waals surface area contributed by atoms with Crippen LogP contribution in [0.4, 0.5) is 5.95 Å². The molecule has 0 amide bonds. The minimum Gasteiger partial charge on any atom is -0.342 e. The molecule has 0 aliphatic carbocycles. The van der Waals surface area contributed by atoms with Gasteiger partial charge >= 0.3 is 0 Å². The number of thiophene rings is 1. The number of H-pyrrole nitrogens is 1. The van der Waals surface area contributed by atoms with Gasteiger partial charge in [-0.2, -0.15) is 0 Å². The Hall–Kier alpha value is -2.14. The van der Waals surface area contributed by atoms with E-state index < -0.39 is 0 Å². The van der Waals surface area contributed by atoms with Crippen LogP contribution >= 0.6 is 11.3 Å². The van der Waals surface area contributed by atoms with E-state index in [1.165, 1.54) is 19.3 Å². The van der Waals surface area contributed by atoms with Gasteiger partial charge in [0.2, 0.25) is 5.95 Å². The van der Waals surface area contributed by atoms with Crippen molar-refractivity contribution in [2.24, 2.45) is 0 Å². The van der Waals surface area contributed by atoms with E-state index >= 15 is 0 Å². The van der Waals surface area contributed by atoms with Crippen molar-refractivity contribution in [1.29, 1.82) is 0 Å². The summed E-state index contributed by atoms with van der Waals surface area (Å²) in [5.41, 5.74) is 2.00. The Bertz CT molecular complexity index is 847. The summed E-state index contributed by atoms with van der Waals surface area (Å²) in [6.45, 7) is 1.96. The van der Waals surface area contributed by atoms with Crippen molar-refractivity contribution in [2.45, 2.75) is 19.3 Å². The minimum atomic E-state index is -0.0364. The highest BCUT2D eigenvalue weighted by molar-refractivity contribution is 7.17. The summed E-state index contributed by atoms with van der Waals surface area (Å²) in [6.07, 6.45) is 3.60. The molecular weight excluding hydrogens is 294 g/mol. The minimum absolute atomic E-state index is 0.0364. The van der Waals surface area contributed by atoms with Gasteiger partial charge in [-0.25, -0.2) is 4.98 Å². The lowest BCUT2D eigenvalue weighted by Gasteiger charge is -2.26. The molecule has 0 radical (unpaired) electrons. The van der Waals surface area contributed by atoms with E-state index in [0.29, 0.717) is 5.39 Å². The van der Waals surface area contributed by atoms with Gasteiger partial charge < -0.3 is 4.90 Å². The van der Waals surface area contributed by atoms with E-state index in [1.54, 1.807) is 11.3 Å². The first-order chi connectivity index (χ1) is 10.8. The molecule has 0 unspecified atom stereocenters. The Morgan fingerprint density at radius 3 is 2.64 bits per heavy atom. The monoisotopic (exact) mass is 311 g/mol. The molecular formula is C17H17N3OS. The van der Waals surface area contributed by atoms with E-state index in [1.807, 2.05) is 35.7 Å². The fourth-order valence-electron chi connectivity index (χ4n) is 3.02. The molecule has 0 atom stereocenters. The average Bonchev–Trinajstić information content (AvgIpc) is 3.01. The third-order valence-electron chi connectivity index (χ3n) is 4.17. The van der Waals surface area contributed by atoms with Gasteiger partial charge in [0.1, 0.15) is 4.83 Å².